The molecule has 1 aliphatic rings. The van der Waals surface area contributed by atoms with Crippen LogP contribution in [-0.4, -0.2) is 41.6 Å². The van der Waals surface area contributed by atoms with E-state index in [2.05, 4.69) is 10.6 Å². The number of esters is 1. The number of hydrogen-bond acceptors (Lipinski definition) is 6. The Kier molecular flexibility index (Phi) is 6.82. The SMILES string of the molecule is CCOC(=O)C1=C(Nc2ccc(OC(=O)Nc3ccccc3)cc2)C(=O)N(C(C)(C)C)C1. The normalized spacial score (nSPS) is 13.8. The predicted octanol–water partition coefficient (Wildman–Crippen LogP) is 4.17. The molecule has 2 aromatic carbocycles. The van der Waals surface area contributed by atoms with Crippen LogP contribution in [0.4, 0.5) is 16.2 Å². The zero-order valence-corrected chi connectivity index (χ0v) is 18.6. The van der Waals surface area contributed by atoms with Gasteiger partial charge in [-0.2, -0.15) is 0 Å². The van der Waals surface area contributed by atoms with Crippen LogP contribution in [0.25, 0.3) is 0 Å². The molecule has 2 amide bonds. The van der Waals surface area contributed by atoms with Crippen molar-refractivity contribution < 1.29 is 23.9 Å². The van der Waals surface area contributed by atoms with Gasteiger partial charge in [0.15, 0.2) is 0 Å². The molecule has 8 heteroatoms. The van der Waals surface area contributed by atoms with E-state index in [1.54, 1.807) is 60.4 Å². The van der Waals surface area contributed by atoms with E-state index in [-0.39, 0.29) is 30.3 Å². The number of anilines is 2. The molecule has 0 aromatic heterocycles. The Morgan fingerprint density at radius 2 is 1.66 bits per heavy atom. The molecule has 0 spiro atoms. The molecule has 0 atom stereocenters. The summed E-state index contributed by atoms with van der Waals surface area (Å²) in [5.74, 6) is -0.464. The van der Waals surface area contributed by atoms with Crippen LogP contribution in [0.15, 0.2) is 65.9 Å². The molecule has 32 heavy (non-hydrogen) atoms. The largest absolute Gasteiger partial charge is 0.463 e. The van der Waals surface area contributed by atoms with Crippen molar-refractivity contribution in [2.75, 3.05) is 23.8 Å². The summed E-state index contributed by atoms with van der Waals surface area (Å²) in [7, 11) is 0. The summed E-state index contributed by atoms with van der Waals surface area (Å²) in [5, 5.41) is 5.67. The Morgan fingerprint density at radius 3 is 2.25 bits per heavy atom. The molecule has 168 valence electrons. The van der Waals surface area contributed by atoms with E-state index in [4.69, 9.17) is 9.47 Å². The van der Waals surface area contributed by atoms with Gasteiger partial charge < -0.3 is 19.7 Å². The van der Waals surface area contributed by atoms with E-state index in [1.807, 2.05) is 26.8 Å². The molecule has 0 bridgehead atoms. The monoisotopic (exact) mass is 437 g/mol. The third-order valence-corrected chi connectivity index (χ3v) is 4.76. The second kappa shape index (κ2) is 9.55. The summed E-state index contributed by atoms with van der Waals surface area (Å²) in [6.07, 6.45) is -0.615. The van der Waals surface area contributed by atoms with Crippen LogP contribution in [-0.2, 0) is 14.3 Å². The zero-order chi connectivity index (χ0) is 23.3. The molecule has 3 rings (SSSR count). The Morgan fingerprint density at radius 1 is 1.00 bits per heavy atom. The summed E-state index contributed by atoms with van der Waals surface area (Å²) in [5.41, 5.74) is 1.21. The van der Waals surface area contributed by atoms with Crippen molar-refractivity contribution in [3.8, 4) is 5.75 Å². The van der Waals surface area contributed by atoms with Gasteiger partial charge in [0, 0.05) is 16.9 Å². The van der Waals surface area contributed by atoms with Crippen LogP contribution in [0.1, 0.15) is 27.7 Å². The van der Waals surface area contributed by atoms with Crippen LogP contribution in [0.3, 0.4) is 0 Å². The van der Waals surface area contributed by atoms with Crippen LogP contribution in [0.2, 0.25) is 0 Å². The first-order valence-corrected chi connectivity index (χ1v) is 10.3. The smallest absolute Gasteiger partial charge is 0.417 e. The standard InChI is InChI=1S/C24H27N3O5/c1-5-31-22(29)19-15-27(24(2,3)4)21(28)20(19)25-17-11-13-18(14-12-17)32-23(30)26-16-9-7-6-8-10-16/h6-14,25H,5,15H2,1-4H3,(H,26,30). The average Bonchev–Trinajstić information content (AvgIpc) is 3.07. The first kappa shape index (κ1) is 22.9. The summed E-state index contributed by atoms with van der Waals surface area (Å²) in [4.78, 5) is 39.1. The van der Waals surface area contributed by atoms with Crippen molar-refractivity contribution in [1.82, 2.24) is 4.90 Å². The highest BCUT2D eigenvalue weighted by Gasteiger charge is 2.40. The number of carbonyl (C=O) groups excluding carboxylic acids is 3. The maximum absolute atomic E-state index is 13.0. The quantitative estimate of drug-likeness (QED) is 0.659. The molecule has 1 heterocycles. The number of ether oxygens (including phenoxy) is 2. The number of nitrogens with one attached hydrogen (secondary N) is 2. The Hall–Kier alpha value is -3.81. The number of rotatable bonds is 6. The first-order chi connectivity index (χ1) is 15.2. The maximum Gasteiger partial charge on any atom is 0.417 e. The summed E-state index contributed by atoms with van der Waals surface area (Å²) in [6.45, 7) is 7.83. The van der Waals surface area contributed by atoms with E-state index in [1.165, 1.54) is 0 Å². The summed E-state index contributed by atoms with van der Waals surface area (Å²) in [6, 6.07) is 15.5. The minimum absolute atomic E-state index is 0.171. The van der Waals surface area contributed by atoms with Gasteiger partial charge in [0.2, 0.25) is 0 Å². The second-order valence-electron chi connectivity index (χ2n) is 8.17. The highest BCUT2D eigenvalue weighted by atomic mass is 16.6. The van der Waals surface area contributed by atoms with Crippen molar-refractivity contribution in [2.45, 2.75) is 33.2 Å². The van der Waals surface area contributed by atoms with Gasteiger partial charge in [-0.05, 0) is 64.1 Å². The molecular weight excluding hydrogens is 410 g/mol. The van der Waals surface area contributed by atoms with E-state index in [9.17, 15) is 14.4 Å². The molecule has 0 fully saturated rings. The Balaban J connectivity index is 1.72. The molecule has 8 nitrogen and oxygen atoms in total. The summed E-state index contributed by atoms with van der Waals surface area (Å²) < 4.78 is 10.4. The molecular formula is C24H27N3O5. The van der Waals surface area contributed by atoms with E-state index >= 15 is 0 Å². The van der Waals surface area contributed by atoms with Gasteiger partial charge >= 0.3 is 12.1 Å². The van der Waals surface area contributed by atoms with Crippen molar-refractivity contribution in [1.29, 1.82) is 0 Å². The highest BCUT2D eigenvalue weighted by molar-refractivity contribution is 6.08. The first-order valence-electron chi connectivity index (χ1n) is 10.3. The van der Waals surface area contributed by atoms with Gasteiger partial charge in [0.1, 0.15) is 11.4 Å². The summed E-state index contributed by atoms with van der Waals surface area (Å²) >= 11 is 0. The minimum atomic E-state index is -0.615. The van der Waals surface area contributed by atoms with Gasteiger partial charge in [-0.25, -0.2) is 9.59 Å². The fourth-order valence-corrected chi connectivity index (χ4v) is 3.15. The minimum Gasteiger partial charge on any atom is -0.463 e. The topological polar surface area (TPSA) is 97.0 Å². The fourth-order valence-electron chi connectivity index (χ4n) is 3.15. The molecule has 2 N–H and O–H groups in total. The lowest BCUT2D eigenvalue weighted by molar-refractivity contribution is -0.138. The zero-order valence-electron chi connectivity index (χ0n) is 18.6. The van der Waals surface area contributed by atoms with Gasteiger partial charge in [0.05, 0.1) is 18.7 Å². The number of nitrogens with zero attached hydrogens (tertiary/aromatic N) is 1. The molecule has 1 aliphatic heterocycles. The predicted molar refractivity (Wildman–Crippen MR) is 121 cm³/mol. The number of amides is 2. The molecule has 2 aromatic rings. The van der Waals surface area contributed by atoms with Crippen LogP contribution >= 0.6 is 0 Å². The van der Waals surface area contributed by atoms with Crippen molar-refractivity contribution in [3.63, 3.8) is 0 Å². The van der Waals surface area contributed by atoms with Crippen molar-refractivity contribution in [3.05, 3.63) is 65.9 Å². The third kappa shape index (κ3) is 5.46. The number of carbonyl (C=O) groups is 3. The van der Waals surface area contributed by atoms with Gasteiger partial charge in [-0.15, -0.1) is 0 Å². The van der Waals surface area contributed by atoms with Gasteiger partial charge in [-0.1, -0.05) is 18.2 Å². The lowest BCUT2D eigenvalue weighted by Gasteiger charge is -2.32. The molecule has 0 radical (unpaired) electrons. The lowest BCUT2D eigenvalue weighted by atomic mass is 10.1. The van der Waals surface area contributed by atoms with E-state index < -0.39 is 17.6 Å². The highest BCUT2D eigenvalue weighted by Crippen LogP contribution is 2.29. The molecule has 0 saturated carbocycles. The number of benzene rings is 2. The fraction of sp³-hybridized carbons (Fsp3) is 0.292. The molecule has 0 aliphatic carbocycles. The number of hydrogen-bond donors (Lipinski definition) is 2. The van der Waals surface area contributed by atoms with Crippen LogP contribution in [0.5, 0.6) is 5.75 Å². The second-order valence-corrected chi connectivity index (χ2v) is 8.17. The molecule has 0 saturated heterocycles. The average molecular weight is 437 g/mol. The number of para-hydroxylation sites is 1. The van der Waals surface area contributed by atoms with Gasteiger partial charge in [0.25, 0.3) is 5.91 Å². The van der Waals surface area contributed by atoms with Crippen LogP contribution < -0.4 is 15.4 Å². The molecule has 0 unspecified atom stereocenters. The van der Waals surface area contributed by atoms with Crippen molar-refractivity contribution in [2.24, 2.45) is 0 Å². The van der Waals surface area contributed by atoms with Crippen LogP contribution in [0, 0.1) is 0 Å². The van der Waals surface area contributed by atoms with Crippen molar-refractivity contribution >= 4 is 29.3 Å². The Labute approximate surface area is 187 Å². The van der Waals surface area contributed by atoms with E-state index in [0.29, 0.717) is 17.1 Å². The lowest BCUT2D eigenvalue weighted by Crippen LogP contribution is -2.44. The van der Waals surface area contributed by atoms with E-state index in [0.717, 1.165) is 0 Å². The van der Waals surface area contributed by atoms with Gasteiger partial charge in [-0.3, -0.25) is 10.1 Å². The maximum atomic E-state index is 13.0. The Bertz CT molecular complexity index is 1020. The third-order valence-electron chi connectivity index (χ3n) is 4.76.